The Morgan fingerprint density at radius 1 is 1.24 bits per heavy atom. The zero-order valence-corrected chi connectivity index (χ0v) is 13.0. The highest BCUT2D eigenvalue weighted by molar-refractivity contribution is 5.91. The summed E-state index contributed by atoms with van der Waals surface area (Å²) in [7, 11) is 0. The molecule has 2 rings (SSSR count). The second-order valence-electron chi connectivity index (χ2n) is 6.19. The third kappa shape index (κ3) is 4.59. The molecule has 4 heteroatoms. The Morgan fingerprint density at radius 2 is 1.86 bits per heavy atom. The number of carbonyl (C=O) groups is 2. The first-order valence-electron chi connectivity index (χ1n) is 7.65. The smallest absolute Gasteiger partial charge is 0.226 e. The minimum atomic E-state index is -0.0727. The van der Waals surface area contributed by atoms with E-state index in [1.807, 2.05) is 24.3 Å². The molecule has 0 heterocycles. The molecule has 4 nitrogen and oxygen atoms in total. The van der Waals surface area contributed by atoms with Crippen LogP contribution in [0, 0.1) is 11.8 Å². The maximum Gasteiger partial charge on any atom is 0.226 e. The van der Waals surface area contributed by atoms with Crippen LogP contribution in [0.1, 0.15) is 45.1 Å². The summed E-state index contributed by atoms with van der Waals surface area (Å²) < 4.78 is 0. The van der Waals surface area contributed by atoms with Gasteiger partial charge in [0.1, 0.15) is 0 Å². The van der Waals surface area contributed by atoms with Crippen molar-refractivity contribution in [1.82, 2.24) is 5.32 Å². The van der Waals surface area contributed by atoms with Crippen molar-refractivity contribution < 1.29 is 9.59 Å². The summed E-state index contributed by atoms with van der Waals surface area (Å²) in [6.45, 7) is 6.74. The predicted molar refractivity (Wildman–Crippen MR) is 84.1 cm³/mol. The van der Waals surface area contributed by atoms with E-state index in [4.69, 9.17) is 0 Å². The van der Waals surface area contributed by atoms with Gasteiger partial charge in [0.15, 0.2) is 0 Å². The lowest BCUT2D eigenvalue weighted by Crippen LogP contribution is -2.29. The maximum atomic E-state index is 11.8. The largest absolute Gasteiger partial charge is 0.355 e. The molecule has 0 aromatic heterocycles. The minimum absolute atomic E-state index is 0.0727. The van der Waals surface area contributed by atoms with Crippen molar-refractivity contribution in [2.75, 3.05) is 11.9 Å². The molecule has 0 bridgehead atoms. The Bertz CT molecular complexity index is 508. The summed E-state index contributed by atoms with van der Waals surface area (Å²) in [5.74, 6) is 1.15. The fourth-order valence-electron chi connectivity index (χ4n) is 2.29. The molecule has 2 atom stereocenters. The maximum absolute atomic E-state index is 11.8. The van der Waals surface area contributed by atoms with Crippen LogP contribution in [0.4, 0.5) is 5.69 Å². The molecule has 0 spiro atoms. The first-order chi connectivity index (χ1) is 9.97. The predicted octanol–water partition coefficient (Wildman–Crippen LogP) is 2.91. The van der Waals surface area contributed by atoms with Crippen LogP contribution in [-0.4, -0.2) is 18.4 Å². The zero-order chi connectivity index (χ0) is 15.4. The first-order valence-corrected chi connectivity index (χ1v) is 7.65. The molecule has 21 heavy (non-hydrogen) atoms. The number of rotatable bonds is 6. The van der Waals surface area contributed by atoms with Crippen LogP contribution in [0.15, 0.2) is 24.3 Å². The Labute approximate surface area is 126 Å². The quantitative estimate of drug-likeness (QED) is 0.845. The molecule has 1 aliphatic carbocycles. The van der Waals surface area contributed by atoms with Gasteiger partial charge in [-0.3, -0.25) is 9.59 Å². The topological polar surface area (TPSA) is 58.2 Å². The van der Waals surface area contributed by atoms with Crippen molar-refractivity contribution in [2.45, 2.75) is 39.5 Å². The molecule has 1 aromatic rings. The Balaban J connectivity index is 1.70. The van der Waals surface area contributed by atoms with E-state index >= 15 is 0 Å². The van der Waals surface area contributed by atoms with Gasteiger partial charge >= 0.3 is 0 Å². The summed E-state index contributed by atoms with van der Waals surface area (Å²) in [5, 5.41) is 5.66. The second kappa shape index (κ2) is 6.74. The number of anilines is 1. The number of amides is 2. The van der Waals surface area contributed by atoms with Gasteiger partial charge in [0.05, 0.1) is 0 Å². The van der Waals surface area contributed by atoms with Gasteiger partial charge in [-0.25, -0.2) is 0 Å². The van der Waals surface area contributed by atoms with Crippen molar-refractivity contribution >= 4 is 17.5 Å². The number of benzene rings is 1. The van der Waals surface area contributed by atoms with E-state index in [9.17, 15) is 9.59 Å². The number of hydrogen-bond donors (Lipinski definition) is 2. The molecule has 0 aliphatic heterocycles. The average molecular weight is 288 g/mol. The molecule has 1 fully saturated rings. The zero-order valence-electron chi connectivity index (χ0n) is 13.0. The Hall–Kier alpha value is -1.84. The lowest BCUT2D eigenvalue weighted by atomic mass is 10.0. The molecule has 1 saturated carbocycles. The van der Waals surface area contributed by atoms with Crippen molar-refractivity contribution in [3.8, 4) is 0 Å². The van der Waals surface area contributed by atoms with Gasteiger partial charge < -0.3 is 10.6 Å². The standard InChI is InChI=1S/C17H24N2O2/c1-11(2)13-4-6-14(7-5-13)19-16(20)8-9-18-17(21)15-10-12(15)3/h4-7,11-12,15H,8-10H2,1-3H3,(H,18,21)(H,19,20). The van der Waals surface area contributed by atoms with Gasteiger partial charge in [0, 0.05) is 24.6 Å². The third-order valence-corrected chi connectivity index (χ3v) is 3.96. The van der Waals surface area contributed by atoms with Gasteiger partial charge in [-0.05, 0) is 36.0 Å². The van der Waals surface area contributed by atoms with Gasteiger partial charge in [0.25, 0.3) is 0 Å². The summed E-state index contributed by atoms with van der Waals surface area (Å²) in [6.07, 6.45) is 1.28. The molecule has 0 radical (unpaired) electrons. The Morgan fingerprint density at radius 3 is 2.38 bits per heavy atom. The van der Waals surface area contributed by atoms with E-state index in [2.05, 4.69) is 31.4 Å². The molecule has 1 aliphatic rings. The summed E-state index contributed by atoms with van der Waals surface area (Å²) >= 11 is 0. The molecule has 2 unspecified atom stereocenters. The van der Waals surface area contributed by atoms with E-state index in [1.165, 1.54) is 5.56 Å². The molecular formula is C17H24N2O2. The molecule has 1 aromatic carbocycles. The van der Waals surface area contributed by atoms with E-state index < -0.39 is 0 Å². The second-order valence-corrected chi connectivity index (χ2v) is 6.19. The van der Waals surface area contributed by atoms with Crippen molar-refractivity contribution in [1.29, 1.82) is 0 Å². The lowest BCUT2D eigenvalue weighted by molar-refractivity contribution is -0.122. The number of carbonyl (C=O) groups excluding carboxylic acids is 2. The van der Waals surface area contributed by atoms with Gasteiger partial charge in [0.2, 0.25) is 11.8 Å². The van der Waals surface area contributed by atoms with Crippen LogP contribution < -0.4 is 10.6 Å². The van der Waals surface area contributed by atoms with Crippen LogP contribution in [0.25, 0.3) is 0 Å². The molecular weight excluding hydrogens is 264 g/mol. The summed E-state index contributed by atoms with van der Waals surface area (Å²) in [6, 6.07) is 7.88. The van der Waals surface area contributed by atoms with E-state index in [0.717, 1.165) is 12.1 Å². The third-order valence-electron chi connectivity index (χ3n) is 3.96. The van der Waals surface area contributed by atoms with Crippen molar-refractivity contribution in [3.05, 3.63) is 29.8 Å². The van der Waals surface area contributed by atoms with E-state index in [1.54, 1.807) is 0 Å². The fourth-order valence-corrected chi connectivity index (χ4v) is 2.29. The summed E-state index contributed by atoms with van der Waals surface area (Å²) in [5.41, 5.74) is 2.05. The molecule has 2 amide bonds. The monoisotopic (exact) mass is 288 g/mol. The molecule has 114 valence electrons. The van der Waals surface area contributed by atoms with Crippen LogP contribution >= 0.6 is 0 Å². The average Bonchev–Trinajstić information content (AvgIpc) is 3.16. The fraction of sp³-hybridized carbons (Fsp3) is 0.529. The van der Waals surface area contributed by atoms with Gasteiger partial charge in [-0.1, -0.05) is 32.9 Å². The lowest BCUT2D eigenvalue weighted by Gasteiger charge is -2.09. The van der Waals surface area contributed by atoms with Crippen LogP contribution in [0.3, 0.4) is 0 Å². The van der Waals surface area contributed by atoms with E-state index in [0.29, 0.717) is 24.8 Å². The van der Waals surface area contributed by atoms with Crippen LogP contribution in [0.5, 0.6) is 0 Å². The highest BCUT2D eigenvalue weighted by atomic mass is 16.2. The summed E-state index contributed by atoms with van der Waals surface area (Å²) in [4.78, 5) is 23.4. The normalized spacial score (nSPS) is 20.2. The van der Waals surface area contributed by atoms with Crippen molar-refractivity contribution in [2.24, 2.45) is 11.8 Å². The van der Waals surface area contributed by atoms with Gasteiger partial charge in [-0.15, -0.1) is 0 Å². The SMILES string of the molecule is CC(C)c1ccc(NC(=O)CCNC(=O)C2CC2C)cc1. The molecule has 0 saturated heterocycles. The highest BCUT2D eigenvalue weighted by Gasteiger charge is 2.38. The number of nitrogens with one attached hydrogen (secondary N) is 2. The van der Waals surface area contributed by atoms with Gasteiger partial charge in [-0.2, -0.15) is 0 Å². The molecule has 2 N–H and O–H groups in total. The first kappa shape index (κ1) is 15.5. The van der Waals surface area contributed by atoms with Crippen molar-refractivity contribution in [3.63, 3.8) is 0 Å². The highest BCUT2D eigenvalue weighted by Crippen LogP contribution is 2.37. The minimum Gasteiger partial charge on any atom is -0.355 e. The van der Waals surface area contributed by atoms with E-state index in [-0.39, 0.29) is 17.7 Å². The number of hydrogen-bond acceptors (Lipinski definition) is 2. The van der Waals surface area contributed by atoms with Crippen LogP contribution in [-0.2, 0) is 9.59 Å². The van der Waals surface area contributed by atoms with Crippen LogP contribution in [0.2, 0.25) is 0 Å². The Kier molecular flexibility index (Phi) is 4.99.